The van der Waals surface area contributed by atoms with E-state index in [-0.39, 0.29) is 11.9 Å². The lowest BCUT2D eigenvalue weighted by molar-refractivity contribution is -0.130. The van der Waals surface area contributed by atoms with E-state index in [9.17, 15) is 4.79 Å². The maximum Gasteiger partial charge on any atom is 0.249 e. The molecule has 1 saturated heterocycles. The summed E-state index contributed by atoms with van der Waals surface area (Å²) in [6, 6.07) is 15.2. The Labute approximate surface area is 156 Å². The number of aromatic nitrogens is 2. The normalized spacial score (nSPS) is 17.1. The van der Waals surface area contributed by atoms with Gasteiger partial charge in [0.2, 0.25) is 17.6 Å². The minimum absolute atomic E-state index is 0.107. The summed E-state index contributed by atoms with van der Waals surface area (Å²) >= 11 is 6.22. The van der Waals surface area contributed by atoms with Gasteiger partial charge >= 0.3 is 0 Å². The van der Waals surface area contributed by atoms with E-state index < -0.39 is 0 Å². The van der Waals surface area contributed by atoms with Crippen LogP contribution in [0.25, 0.3) is 11.4 Å². The highest BCUT2D eigenvalue weighted by molar-refractivity contribution is 6.33. The molecule has 5 nitrogen and oxygen atoms in total. The van der Waals surface area contributed by atoms with Gasteiger partial charge in [-0.25, -0.2) is 0 Å². The predicted molar refractivity (Wildman–Crippen MR) is 98.4 cm³/mol. The van der Waals surface area contributed by atoms with Gasteiger partial charge in [0.15, 0.2) is 0 Å². The molecule has 1 aliphatic heterocycles. The number of likely N-dealkylation sites (tertiary alicyclic amines) is 1. The second kappa shape index (κ2) is 6.92. The van der Waals surface area contributed by atoms with E-state index in [4.69, 9.17) is 16.1 Å². The van der Waals surface area contributed by atoms with Crippen molar-refractivity contribution in [1.29, 1.82) is 0 Å². The van der Waals surface area contributed by atoms with Crippen LogP contribution in [-0.2, 0) is 11.3 Å². The van der Waals surface area contributed by atoms with Gasteiger partial charge in [-0.1, -0.05) is 53.2 Å². The van der Waals surface area contributed by atoms with Crippen molar-refractivity contribution in [2.45, 2.75) is 32.4 Å². The van der Waals surface area contributed by atoms with Crippen molar-refractivity contribution in [2.24, 2.45) is 0 Å². The molecule has 1 fully saturated rings. The average molecular weight is 368 g/mol. The molecule has 0 bridgehead atoms. The Morgan fingerprint density at radius 1 is 1.19 bits per heavy atom. The summed E-state index contributed by atoms with van der Waals surface area (Å²) < 4.78 is 5.49. The topological polar surface area (TPSA) is 59.2 Å². The second-order valence-electron chi connectivity index (χ2n) is 6.44. The smallest absolute Gasteiger partial charge is 0.249 e. The van der Waals surface area contributed by atoms with Crippen LogP contribution in [0, 0.1) is 6.92 Å². The van der Waals surface area contributed by atoms with Crippen LogP contribution in [0.5, 0.6) is 0 Å². The number of hydrogen-bond donors (Lipinski definition) is 0. The third kappa shape index (κ3) is 3.10. The molecule has 132 valence electrons. The number of carbonyl (C=O) groups is 1. The number of rotatable bonds is 4. The molecule has 1 unspecified atom stereocenters. The zero-order chi connectivity index (χ0) is 18.1. The maximum atomic E-state index is 12.4. The SMILES string of the molecule is Cc1ccccc1CN1C(=O)CCC1c1nc(-c2ccccc2Cl)no1. The van der Waals surface area contributed by atoms with Crippen molar-refractivity contribution in [3.8, 4) is 11.4 Å². The lowest BCUT2D eigenvalue weighted by Crippen LogP contribution is -2.27. The van der Waals surface area contributed by atoms with Gasteiger partial charge in [-0.3, -0.25) is 4.79 Å². The van der Waals surface area contributed by atoms with Crippen LogP contribution in [0.15, 0.2) is 53.1 Å². The number of nitrogens with zero attached hydrogens (tertiary/aromatic N) is 3. The first-order valence-electron chi connectivity index (χ1n) is 8.56. The van der Waals surface area contributed by atoms with Gasteiger partial charge in [0.05, 0.1) is 5.02 Å². The van der Waals surface area contributed by atoms with E-state index in [1.165, 1.54) is 0 Å². The standard InChI is InChI=1S/C20H18ClN3O2/c1-13-6-2-3-7-14(13)12-24-17(10-11-18(24)25)20-22-19(23-26-20)15-8-4-5-9-16(15)21/h2-9,17H,10-12H2,1H3. The quantitative estimate of drug-likeness (QED) is 0.678. The molecular formula is C20H18ClN3O2. The molecule has 1 amide bonds. The maximum absolute atomic E-state index is 12.4. The van der Waals surface area contributed by atoms with Crippen molar-refractivity contribution in [3.05, 3.63) is 70.6 Å². The number of aryl methyl sites for hydroxylation is 1. The molecule has 2 aromatic carbocycles. The highest BCUT2D eigenvalue weighted by atomic mass is 35.5. The van der Waals surface area contributed by atoms with E-state index in [0.717, 1.165) is 16.7 Å². The minimum atomic E-state index is -0.203. The number of benzene rings is 2. The number of hydrogen-bond acceptors (Lipinski definition) is 4. The first-order valence-corrected chi connectivity index (χ1v) is 8.94. The molecule has 1 aromatic heterocycles. The molecule has 6 heteroatoms. The highest BCUT2D eigenvalue weighted by Gasteiger charge is 2.36. The second-order valence-corrected chi connectivity index (χ2v) is 6.85. The molecule has 3 aromatic rings. The van der Waals surface area contributed by atoms with E-state index in [2.05, 4.69) is 10.1 Å². The molecule has 4 rings (SSSR count). The van der Waals surface area contributed by atoms with E-state index in [0.29, 0.717) is 36.1 Å². The van der Waals surface area contributed by atoms with Gasteiger partial charge in [-0.05, 0) is 36.6 Å². The van der Waals surface area contributed by atoms with Crippen LogP contribution in [0.1, 0.15) is 35.9 Å². The zero-order valence-corrected chi connectivity index (χ0v) is 15.1. The third-order valence-electron chi connectivity index (χ3n) is 4.77. The van der Waals surface area contributed by atoms with Crippen LogP contribution in [-0.4, -0.2) is 20.9 Å². The van der Waals surface area contributed by atoms with Crippen LogP contribution >= 0.6 is 11.6 Å². The Morgan fingerprint density at radius 3 is 2.77 bits per heavy atom. The summed E-state index contributed by atoms with van der Waals surface area (Å²) in [6.45, 7) is 2.59. The van der Waals surface area contributed by atoms with Crippen LogP contribution in [0.3, 0.4) is 0 Å². The van der Waals surface area contributed by atoms with Crippen molar-refractivity contribution in [2.75, 3.05) is 0 Å². The van der Waals surface area contributed by atoms with Gasteiger partial charge in [0.1, 0.15) is 6.04 Å². The minimum Gasteiger partial charge on any atom is -0.337 e. The van der Waals surface area contributed by atoms with E-state index in [1.807, 2.05) is 54.3 Å². The Morgan fingerprint density at radius 2 is 1.96 bits per heavy atom. The fourth-order valence-corrected chi connectivity index (χ4v) is 3.50. The third-order valence-corrected chi connectivity index (χ3v) is 5.10. The van der Waals surface area contributed by atoms with Gasteiger partial charge in [-0.2, -0.15) is 4.98 Å². The van der Waals surface area contributed by atoms with Crippen LogP contribution in [0.2, 0.25) is 5.02 Å². The number of carbonyl (C=O) groups excluding carboxylic acids is 1. The first kappa shape index (κ1) is 16.8. The van der Waals surface area contributed by atoms with E-state index >= 15 is 0 Å². The first-order chi connectivity index (χ1) is 12.6. The fourth-order valence-electron chi connectivity index (χ4n) is 3.28. The molecule has 1 aliphatic rings. The molecule has 26 heavy (non-hydrogen) atoms. The Balaban J connectivity index is 1.62. The van der Waals surface area contributed by atoms with Crippen LogP contribution < -0.4 is 0 Å². The molecular weight excluding hydrogens is 350 g/mol. The van der Waals surface area contributed by atoms with Gasteiger partial charge < -0.3 is 9.42 Å². The monoisotopic (exact) mass is 367 g/mol. The summed E-state index contributed by atoms with van der Waals surface area (Å²) in [4.78, 5) is 18.8. The lowest BCUT2D eigenvalue weighted by Gasteiger charge is -2.23. The molecule has 1 atom stereocenters. The summed E-state index contributed by atoms with van der Waals surface area (Å²) in [6.07, 6.45) is 1.16. The number of halogens is 1. The zero-order valence-electron chi connectivity index (χ0n) is 14.4. The van der Waals surface area contributed by atoms with Crippen LogP contribution in [0.4, 0.5) is 0 Å². The summed E-state index contributed by atoms with van der Waals surface area (Å²) in [5, 5.41) is 4.64. The molecule has 0 spiro atoms. The van der Waals surface area contributed by atoms with Gasteiger partial charge in [0.25, 0.3) is 0 Å². The summed E-state index contributed by atoms with van der Waals surface area (Å²) in [7, 11) is 0. The Bertz CT molecular complexity index is 953. The molecule has 2 heterocycles. The molecule has 0 aliphatic carbocycles. The van der Waals surface area contributed by atoms with Gasteiger partial charge in [-0.15, -0.1) is 0 Å². The Hall–Kier alpha value is -2.66. The average Bonchev–Trinajstić information content (AvgIpc) is 3.25. The van der Waals surface area contributed by atoms with Crippen molar-refractivity contribution in [1.82, 2.24) is 15.0 Å². The van der Waals surface area contributed by atoms with E-state index in [1.54, 1.807) is 6.07 Å². The highest BCUT2D eigenvalue weighted by Crippen LogP contribution is 2.35. The summed E-state index contributed by atoms with van der Waals surface area (Å²) in [5.41, 5.74) is 3.01. The lowest BCUT2D eigenvalue weighted by atomic mass is 10.1. The number of amides is 1. The summed E-state index contributed by atoms with van der Waals surface area (Å²) in [5.74, 6) is 1.01. The van der Waals surface area contributed by atoms with Crippen molar-refractivity contribution < 1.29 is 9.32 Å². The van der Waals surface area contributed by atoms with Crippen molar-refractivity contribution in [3.63, 3.8) is 0 Å². The van der Waals surface area contributed by atoms with Gasteiger partial charge in [0, 0.05) is 18.5 Å². The molecule has 0 saturated carbocycles. The largest absolute Gasteiger partial charge is 0.337 e. The fraction of sp³-hybridized carbons (Fsp3) is 0.250. The van der Waals surface area contributed by atoms with Crippen molar-refractivity contribution >= 4 is 17.5 Å². The molecule has 0 N–H and O–H groups in total. The Kier molecular flexibility index (Phi) is 4.47. The predicted octanol–water partition coefficient (Wildman–Crippen LogP) is 4.56. The molecule has 0 radical (unpaired) electrons.